The third-order valence-electron chi connectivity index (χ3n) is 13.8. The molecule has 0 fully saturated rings. The molecule has 0 N–H and O–H groups in total. The molecule has 1 aromatic heterocycles. The smallest absolute Gasteiger partial charge is 0.143 e. The van der Waals surface area contributed by atoms with Crippen LogP contribution in [-0.4, -0.2) is 0 Å². The van der Waals surface area contributed by atoms with Crippen molar-refractivity contribution in [3.63, 3.8) is 0 Å². The summed E-state index contributed by atoms with van der Waals surface area (Å²) in [5.41, 5.74) is 11.4. The zero-order valence-corrected chi connectivity index (χ0v) is 34.2. The number of rotatable bonds is 4. The molecular weight excluding hydrogens is 761 g/mol. The van der Waals surface area contributed by atoms with Crippen LogP contribution in [0.5, 0.6) is 0 Å². The van der Waals surface area contributed by atoms with E-state index in [4.69, 9.17) is 4.42 Å². The molecule has 0 bridgehead atoms. The highest BCUT2D eigenvalue weighted by molar-refractivity contribution is 6.29. The fourth-order valence-corrected chi connectivity index (χ4v) is 10.9. The molecule has 0 amide bonds. The molecule has 1 heteroatoms. The molecular formula is C62H36O. The Morgan fingerprint density at radius 2 is 0.794 bits per heavy atom. The second-order valence-corrected chi connectivity index (χ2v) is 17.1. The third-order valence-corrected chi connectivity index (χ3v) is 13.8. The highest BCUT2D eigenvalue weighted by Gasteiger charge is 2.21. The lowest BCUT2D eigenvalue weighted by Crippen LogP contribution is -1.91. The Hall–Kier alpha value is -8.26. The SMILES string of the molecule is c1ccc(-c2ccc3ccc4c(-c5cc(-c6ccc(-c7c8ccccc8cc8c7ccc7ccccc78)cc6)cc6oc7c8ccccc8ccc7c56)ccc5ccc2c3c54)cc1. The van der Waals surface area contributed by atoms with Gasteiger partial charge in [-0.25, -0.2) is 0 Å². The molecule has 14 aromatic rings. The monoisotopic (exact) mass is 796 g/mol. The van der Waals surface area contributed by atoms with Crippen molar-refractivity contribution in [2.45, 2.75) is 0 Å². The maximum absolute atomic E-state index is 7.00. The summed E-state index contributed by atoms with van der Waals surface area (Å²) in [5.74, 6) is 0. The van der Waals surface area contributed by atoms with Crippen LogP contribution in [0.2, 0.25) is 0 Å². The van der Waals surface area contributed by atoms with Crippen molar-refractivity contribution in [3.05, 3.63) is 218 Å². The van der Waals surface area contributed by atoms with E-state index in [0.29, 0.717) is 0 Å². The van der Waals surface area contributed by atoms with Crippen LogP contribution in [0, 0.1) is 0 Å². The lowest BCUT2D eigenvalue weighted by Gasteiger charge is -2.17. The first-order valence-electron chi connectivity index (χ1n) is 21.8. The van der Waals surface area contributed by atoms with Crippen LogP contribution in [0.3, 0.4) is 0 Å². The first kappa shape index (κ1) is 34.5. The van der Waals surface area contributed by atoms with Gasteiger partial charge in [-0.15, -0.1) is 0 Å². The standard InChI is InChI=1S/C62H36O/c1-2-10-38(11-3-1)47-28-24-42-27-32-52-50(29-25-43-26-31-51(47)59(42)60(43)52)56-35-45(36-57-61(56)54-33-23-40-13-5-9-17-49(40)62(54)63-57)37-18-20-41(21-19-37)58-48-16-8-6-14-44(48)34-55-46-15-7-4-12-39(46)22-30-53(55)58/h1-36H. The van der Waals surface area contributed by atoms with Gasteiger partial charge in [0.1, 0.15) is 11.2 Å². The quantitative estimate of drug-likeness (QED) is 0.128. The van der Waals surface area contributed by atoms with Gasteiger partial charge >= 0.3 is 0 Å². The summed E-state index contributed by atoms with van der Waals surface area (Å²) in [6, 6.07) is 80.6. The molecule has 0 saturated heterocycles. The molecule has 0 saturated carbocycles. The Labute approximate surface area is 363 Å². The van der Waals surface area contributed by atoms with Crippen LogP contribution >= 0.6 is 0 Å². The summed E-state index contributed by atoms with van der Waals surface area (Å²) in [7, 11) is 0. The molecule has 0 radical (unpaired) electrons. The first-order chi connectivity index (χ1) is 31.2. The van der Waals surface area contributed by atoms with Gasteiger partial charge in [-0.1, -0.05) is 194 Å². The Morgan fingerprint density at radius 1 is 0.238 bits per heavy atom. The minimum atomic E-state index is 0.891. The first-order valence-corrected chi connectivity index (χ1v) is 21.8. The summed E-state index contributed by atoms with van der Waals surface area (Å²) in [4.78, 5) is 0. The molecule has 290 valence electrons. The van der Waals surface area contributed by atoms with Gasteiger partial charge in [-0.2, -0.15) is 0 Å². The summed E-state index contributed by atoms with van der Waals surface area (Å²) < 4.78 is 7.00. The van der Waals surface area contributed by atoms with Crippen molar-refractivity contribution in [2.75, 3.05) is 0 Å². The van der Waals surface area contributed by atoms with Crippen LogP contribution in [0.4, 0.5) is 0 Å². The van der Waals surface area contributed by atoms with Gasteiger partial charge in [0.25, 0.3) is 0 Å². The van der Waals surface area contributed by atoms with Crippen molar-refractivity contribution in [1.29, 1.82) is 0 Å². The van der Waals surface area contributed by atoms with E-state index < -0.39 is 0 Å². The number of furan rings is 1. The fourth-order valence-electron chi connectivity index (χ4n) is 10.9. The van der Waals surface area contributed by atoms with Crippen molar-refractivity contribution < 1.29 is 4.42 Å². The number of fused-ring (bicyclic) bond motifs is 9. The maximum atomic E-state index is 7.00. The molecule has 14 rings (SSSR count). The molecule has 1 heterocycles. The number of hydrogen-bond acceptors (Lipinski definition) is 1. The Kier molecular flexibility index (Phi) is 7.17. The van der Waals surface area contributed by atoms with Gasteiger partial charge in [-0.3, -0.25) is 0 Å². The van der Waals surface area contributed by atoms with Gasteiger partial charge < -0.3 is 4.42 Å². The lowest BCUT2D eigenvalue weighted by molar-refractivity contribution is 0.673. The summed E-state index contributed by atoms with van der Waals surface area (Å²) in [6.07, 6.45) is 0. The number of hydrogen-bond donors (Lipinski definition) is 0. The minimum Gasteiger partial charge on any atom is -0.455 e. The molecule has 0 unspecified atom stereocenters. The van der Waals surface area contributed by atoms with Crippen LogP contribution < -0.4 is 0 Å². The third kappa shape index (κ3) is 5.05. The van der Waals surface area contributed by atoms with Gasteiger partial charge in [0.05, 0.1) is 0 Å². The predicted molar refractivity (Wildman–Crippen MR) is 269 cm³/mol. The van der Waals surface area contributed by atoms with Crippen LogP contribution in [0.25, 0.3) is 142 Å². The Bertz CT molecular complexity index is 4170. The van der Waals surface area contributed by atoms with Crippen LogP contribution in [-0.2, 0) is 0 Å². The molecule has 0 aliphatic carbocycles. The molecule has 1 nitrogen and oxygen atoms in total. The summed E-state index contributed by atoms with van der Waals surface area (Å²) >= 11 is 0. The molecule has 0 spiro atoms. The molecule has 0 aliphatic heterocycles. The minimum absolute atomic E-state index is 0.891. The van der Waals surface area contributed by atoms with Crippen molar-refractivity contribution >= 4 is 97.3 Å². The molecule has 0 atom stereocenters. The van der Waals surface area contributed by atoms with Crippen LogP contribution in [0.15, 0.2) is 223 Å². The molecule has 0 aliphatic rings. The average Bonchev–Trinajstić information content (AvgIpc) is 3.74. The van der Waals surface area contributed by atoms with E-state index >= 15 is 0 Å². The van der Waals surface area contributed by atoms with Crippen molar-refractivity contribution in [1.82, 2.24) is 0 Å². The van der Waals surface area contributed by atoms with E-state index in [1.165, 1.54) is 103 Å². The van der Waals surface area contributed by atoms with E-state index in [1.807, 2.05) is 0 Å². The van der Waals surface area contributed by atoms with E-state index in [9.17, 15) is 0 Å². The van der Waals surface area contributed by atoms with Crippen LogP contribution in [0.1, 0.15) is 0 Å². The zero-order valence-electron chi connectivity index (χ0n) is 34.2. The molecule has 13 aromatic carbocycles. The normalized spacial score (nSPS) is 12.1. The van der Waals surface area contributed by atoms with E-state index in [1.54, 1.807) is 0 Å². The van der Waals surface area contributed by atoms with E-state index in [0.717, 1.165) is 38.5 Å². The maximum Gasteiger partial charge on any atom is 0.143 e. The lowest BCUT2D eigenvalue weighted by atomic mass is 9.85. The topological polar surface area (TPSA) is 13.1 Å². The second kappa shape index (κ2) is 13.1. The van der Waals surface area contributed by atoms with E-state index in [2.05, 4.69) is 218 Å². The highest BCUT2D eigenvalue weighted by Crippen LogP contribution is 2.48. The second-order valence-electron chi connectivity index (χ2n) is 17.1. The van der Waals surface area contributed by atoms with Crippen molar-refractivity contribution in [2.24, 2.45) is 0 Å². The predicted octanol–water partition coefficient (Wildman–Crippen LogP) is 17.8. The van der Waals surface area contributed by atoms with Gasteiger partial charge in [0.15, 0.2) is 0 Å². The van der Waals surface area contributed by atoms with E-state index in [-0.39, 0.29) is 0 Å². The molecule has 63 heavy (non-hydrogen) atoms. The zero-order chi connectivity index (χ0) is 41.2. The fraction of sp³-hybridized carbons (Fsp3) is 0. The van der Waals surface area contributed by atoms with Gasteiger partial charge in [-0.05, 0) is 139 Å². The number of benzene rings is 13. The highest BCUT2D eigenvalue weighted by atomic mass is 16.3. The summed E-state index contributed by atoms with van der Waals surface area (Å²) in [6.45, 7) is 0. The average molecular weight is 797 g/mol. The van der Waals surface area contributed by atoms with Gasteiger partial charge in [0.2, 0.25) is 0 Å². The largest absolute Gasteiger partial charge is 0.455 e. The summed E-state index contributed by atoms with van der Waals surface area (Å²) in [5, 5.41) is 19.8. The van der Waals surface area contributed by atoms with Crippen molar-refractivity contribution in [3.8, 4) is 44.5 Å². The Morgan fingerprint density at radius 3 is 1.56 bits per heavy atom. The van der Waals surface area contributed by atoms with Gasteiger partial charge in [0, 0.05) is 16.2 Å². The Balaban J connectivity index is 1.01.